The summed E-state index contributed by atoms with van der Waals surface area (Å²) < 4.78 is 0. The van der Waals surface area contributed by atoms with Crippen LogP contribution in [-0.2, 0) is 6.54 Å². The van der Waals surface area contributed by atoms with E-state index in [1.807, 2.05) is 19.4 Å². The van der Waals surface area contributed by atoms with E-state index in [0.717, 1.165) is 29.7 Å². The van der Waals surface area contributed by atoms with Gasteiger partial charge in [0.25, 0.3) is 0 Å². The first-order chi connectivity index (χ1) is 10.2. The lowest BCUT2D eigenvalue weighted by atomic mass is 10.4. The molecule has 3 rings (SSSR count). The molecule has 0 aromatic carbocycles. The van der Waals surface area contributed by atoms with Crippen LogP contribution in [0.3, 0.4) is 0 Å². The summed E-state index contributed by atoms with van der Waals surface area (Å²) in [5, 5.41) is 9.29. The highest BCUT2D eigenvalue weighted by Gasteiger charge is 2.17. The Morgan fingerprint density at radius 2 is 1.90 bits per heavy atom. The monoisotopic (exact) mass is 305 g/mol. The summed E-state index contributed by atoms with van der Waals surface area (Å²) >= 11 is 1.64. The smallest absolute Gasteiger partial charge is 0.231 e. The summed E-state index contributed by atoms with van der Waals surface area (Å²) in [5.74, 6) is 1.92. The Hall–Kier alpha value is -1.96. The van der Waals surface area contributed by atoms with Gasteiger partial charge in [-0.2, -0.15) is 15.0 Å². The molecule has 8 heteroatoms. The van der Waals surface area contributed by atoms with E-state index >= 15 is 0 Å². The van der Waals surface area contributed by atoms with Gasteiger partial charge in [-0.3, -0.25) is 0 Å². The number of aryl methyl sites for hydroxylation is 1. The minimum atomic E-state index is 0.587. The van der Waals surface area contributed by atoms with Crippen LogP contribution in [0.4, 0.5) is 17.8 Å². The predicted octanol–water partition coefficient (Wildman–Crippen LogP) is 1.89. The number of anilines is 3. The van der Waals surface area contributed by atoms with Gasteiger partial charge >= 0.3 is 0 Å². The molecule has 1 aliphatic heterocycles. The number of nitrogens with one attached hydrogen (secondary N) is 2. The minimum absolute atomic E-state index is 0.587. The second-order valence-electron chi connectivity index (χ2n) is 4.96. The number of rotatable bonds is 5. The van der Waals surface area contributed by atoms with E-state index in [2.05, 4.69) is 35.5 Å². The van der Waals surface area contributed by atoms with Crippen molar-refractivity contribution in [2.45, 2.75) is 26.3 Å². The van der Waals surface area contributed by atoms with Crippen LogP contribution < -0.4 is 15.5 Å². The van der Waals surface area contributed by atoms with Crippen LogP contribution in [0.15, 0.2) is 5.38 Å². The molecule has 0 atom stereocenters. The van der Waals surface area contributed by atoms with Crippen LogP contribution in [0, 0.1) is 6.92 Å². The average Bonchev–Trinajstić information content (AvgIpc) is 3.16. The van der Waals surface area contributed by atoms with Crippen LogP contribution in [0.25, 0.3) is 0 Å². The maximum Gasteiger partial charge on any atom is 0.231 e. The largest absolute Gasteiger partial charge is 0.357 e. The quantitative estimate of drug-likeness (QED) is 0.873. The topological polar surface area (TPSA) is 78.9 Å². The van der Waals surface area contributed by atoms with Gasteiger partial charge in [0.15, 0.2) is 0 Å². The molecule has 1 fully saturated rings. The molecule has 112 valence electrons. The van der Waals surface area contributed by atoms with E-state index in [0.29, 0.717) is 18.4 Å². The molecule has 1 saturated heterocycles. The fourth-order valence-electron chi connectivity index (χ4n) is 2.25. The first-order valence-corrected chi connectivity index (χ1v) is 7.96. The molecule has 1 aliphatic rings. The van der Waals surface area contributed by atoms with Gasteiger partial charge in [-0.1, -0.05) is 0 Å². The average molecular weight is 305 g/mol. The zero-order valence-electron chi connectivity index (χ0n) is 12.3. The number of thiazole rings is 1. The Balaban J connectivity index is 1.75. The summed E-state index contributed by atoms with van der Waals surface area (Å²) in [6.45, 7) is 4.65. The van der Waals surface area contributed by atoms with E-state index in [-0.39, 0.29) is 0 Å². The van der Waals surface area contributed by atoms with E-state index in [9.17, 15) is 0 Å². The Bertz CT molecular complexity index is 606. The van der Waals surface area contributed by atoms with Gasteiger partial charge in [-0.15, -0.1) is 11.3 Å². The van der Waals surface area contributed by atoms with Gasteiger partial charge < -0.3 is 15.5 Å². The van der Waals surface area contributed by atoms with Crippen LogP contribution in [0.1, 0.15) is 23.5 Å². The molecule has 0 bridgehead atoms. The summed E-state index contributed by atoms with van der Waals surface area (Å²) in [6, 6.07) is 0. The third-order valence-corrected chi connectivity index (χ3v) is 4.27. The third-order valence-electron chi connectivity index (χ3n) is 3.30. The van der Waals surface area contributed by atoms with Gasteiger partial charge in [0.1, 0.15) is 5.01 Å². The van der Waals surface area contributed by atoms with Crippen molar-refractivity contribution in [2.75, 3.05) is 35.7 Å². The van der Waals surface area contributed by atoms with E-state index < -0.39 is 0 Å². The van der Waals surface area contributed by atoms with Crippen LogP contribution in [-0.4, -0.2) is 40.1 Å². The number of hydrogen-bond acceptors (Lipinski definition) is 8. The lowest BCUT2D eigenvalue weighted by molar-refractivity contribution is 0.877. The van der Waals surface area contributed by atoms with Crippen molar-refractivity contribution in [3.63, 3.8) is 0 Å². The zero-order valence-corrected chi connectivity index (χ0v) is 13.1. The van der Waals surface area contributed by atoms with Crippen LogP contribution in [0.5, 0.6) is 0 Å². The van der Waals surface area contributed by atoms with Gasteiger partial charge in [-0.05, 0) is 19.8 Å². The van der Waals surface area contributed by atoms with E-state index in [4.69, 9.17) is 0 Å². The highest BCUT2D eigenvalue weighted by Crippen LogP contribution is 2.19. The Labute approximate surface area is 127 Å². The first kappa shape index (κ1) is 14.0. The van der Waals surface area contributed by atoms with E-state index in [1.165, 1.54) is 12.8 Å². The number of aromatic nitrogens is 4. The fraction of sp³-hybridized carbons (Fsp3) is 0.538. The lowest BCUT2D eigenvalue weighted by Gasteiger charge is -2.16. The molecule has 2 aromatic heterocycles. The fourth-order valence-corrected chi connectivity index (χ4v) is 2.96. The second-order valence-corrected chi connectivity index (χ2v) is 5.91. The second kappa shape index (κ2) is 6.21. The molecule has 0 unspecified atom stereocenters. The van der Waals surface area contributed by atoms with Crippen molar-refractivity contribution in [1.29, 1.82) is 0 Å². The SMILES string of the molecule is CNc1nc(NCc2nc(C)cs2)nc(N2CCCC2)n1. The van der Waals surface area contributed by atoms with Crippen molar-refractivity contribution in [1.82, 2.24) is 19.9 Å². The summed E-state index contributed by atoms with van der Waals surface area (Å²) in [6.07, 6.45) is 2.39. The standard InChI is InChI=1S/C13H19N7S/c1-9-8-21-10(16-9)7-15-12-17-11(14-2)18-13(19-12)20-5-3-4-6-20/h8H,3-7H2,1-2H3,(H2,14,15,17,18,19). The van der Waals surface area contributed by atoms with E-state index in [1.54, 1.807) is 11.3 Å². The van der Waals surface area contributed by atoms with Gasteiger partial charge in [0.05, 0.1) is 6.54 Å². The summed E-state index contributed by atoms with van der Waals surface area (Å²) in [7, 11) is 1.82. The molecule has 0 aliphatic carbocycles. The lowest BCUT2D eigenvalue weighted by Crippen LogP contribution is -2.22. The molecule has 3 heterocycles. The molecule has 21 heavy (non-hydrogen) atoms. The third kappa shape index (κ3) is 3.38. The highest BCUT2D eigenvalue weighted by molar-refractivity contribution is 7.09. The zero-order chi connectivity index (χ0) is 14.7. The van der Waals surface area contributed by atoms with Crippen molar-refractivity contribution in [3.05, 3.63) is 16.1 Å². The molecule has 0 spiro atoms. The van der Waals surface area contributed by atoms with Crippen molar-refractivity contribution < 1.29 is 0 Å². The summed E-state index contributed by atoms with van der Waals surface area (Å²) in [5.41, 5.74) is 1.04. The van der Waals surface area contributed by atoms with Gasteiger partial charge in [0, 0.05) is 31.2 Å². The molecule has 0 amide bonds. The normalized spacial score (nSPS) is 14.5. The molecule has 0 saturated carbocycles. The van der Waals surface area contributed by atoms with Gasteiger partial charge in [-0.25, -0.2) is 4.98 Å². The Morgan fingerprint density at radius 1 is 1.14 bits per heavy atom. The maximum atomic E-state index is 4.51. The Morgan fingerprint density at radius 3 is 2.57 bits per heavy atom. The highest BCUT2D eigenvalue weighted by atomic mass is 32.1. The van der Waals surface area contributed by atoms with Crippen LogP contribution >= 0.6 is 11.3 Å². The molecular formula is C13H19N7S. The minimum Gasteiger partial charge on any atom is -0.357 e. The maximum absolute atomic E-state index is 4.51. The summed E-state index contributed by atoms with van der Waals surface area (Å²) in [4.78, 5) is 19.9. The van der Waals surface area contributed by atoms with Gasteiger partial charge in [0.2, 0.25) is 17.8 Å². The number of nitrogens with zero attached hydrogens (tertiary/aromatic N) is 5. The predicted molar refractivity (Wildman–Crippen MR) is 85.0 cm³/mol. The van der Waals surface area contributed by atoms with Crippen molar-refractivity contribution in [2.24, 2.45) is 0 Å². The number of hydrogen-bond donors (Lipinski definition) is 2. The van der Waals surface area contributed by atoms with Crippen molar-refractivity contribution >= 4 is 29.2 Å². The molecule has 2 aromatic rings. The van der Waals surface area contributed by atoms with Crippen molar-refractivity contribution in [3.8, 4) is 0 Å². The molecule has 2 N–H and O–H groups in total. The first-order valence-electron chi connectivity index (χ1n) is 7.08. The molecule has 0 radical (unpaired) electrons. The Kier molecular flexibility index (Phi) is 4.14. The van der Waals surface area contributed by atoms with Crippen LogP contribution in [0.2, 0.25) is 0 Å². The molecule has 7 nitrogen and oxygen atoms in total. The molecular weight excluding hydrogens is 286 g/mol.